The summed E-state index contributed by atoms with van der Waals surface area (Å²) in [5, 5.41) is 47.0. The lowest BCUT2D eigenvalue weighted by Crippen LogP contribution is -2.72. The lowest BCUT2D eigenvalue weighted by molar-refractivity contribution is -0.300. The van der Waals surface area contributed by atoms with Crippen molar-refractivity contribution in [2.24, 2.45) is 5.73 Å². The summed E-state index contributed by atoms with van der Waals surface area (Å²) in [4.78, 5) is 11.6. The minimum Gasteiger partial charge on any atom is -0.394 e. The molecule has 17 heavy (non-hydrogen) atoms. The highest BCUT2D eigenvalue weighted by Crippen LogP contribution is 2.28. The van der Waals surface area contributed by atoms with Crippen LogP contribution in [-0.2, 0) is 9.53 Å². The van der Waals surface area contributed by atoms with E-state index in [-0.39, 0.29) is 0 Å². The van der Waals surface area contributed by atoms with Gasteiger partial charge in [0.2, 0.25) is 11.6 Å². The second-order valence-corrected chi connectivity index (χ2v) is 4.08. The van der Waals surface area contributed by atoms with Crippen LogP contribution in [-0.4, -0.2) is 74.2 Å². The quantitative estimate of drug-likeness (QED) is 0.297. The van der Waals surface area contributed by atoms with Crippen molar-refractivity contribution in [2.75, 3.05) is 6.61 Å². The molecule has 1 heterocycles. The van der Waals surface area contributed by atoms with E-state index in [1.807, 2.05) is 0 Å². The Morgan fingerprint density at radius 2 is 2.00 bits per heavy atom. The molecule has 0 bridgehead atoms. The van der Waals surface area contributed by atoms with Crippen molar-refractivity contribution in [3.05, 3.63) is 0 Å². The van der Waals surface area contributed by atoms with Gasteiger partial charge < -0.3 is 36.0 Å². The third-order valence-corrected chi connectivity index (χ3v) is 2.79. The largest absolute Gasteiger partial charge is 0.394 e. The maximum absolute atomic E-state index is 11.6. The van der Waals surface area contributed by atoms with E-state index in [1.54, 1.807) is 0 Å². The Labute approximate surface area is 97.2 Å². The van der Waals surface area contributed by atoms with E-state index >= 15 is 0 Å². The summed E-state index contributed by atoms with van der Waals surface area (Å²) in [6, 6.07) is -1.62. The Kier molecular flexibility index (Phi) is 4.20. The minimum atomic E-state index is -2.64. The number of rotatable bonds is 3. The monoisotopic (exact) mass is 251 g/mol. The number of carbonyl (C=O) groups excluding carboxylic acids is 1. The van der Waals surface area contributed by atoms with Crippen LogP contribution in [0.2, 0.25) is 0 Å². The number of carbonyl (C=O) groups is 1. The lowest BCUT2D eigenvalue weighted by atomic mass is 9.87. The molecule has 0 aromatic rings. The van der Waals surface area contributed by atoms with Gasteiger partial charge in [-0.25, -0.2) is 0 Å². The lowest BCUT2D eigenvalue weighted by Gasteiger charge is -2.45. The maximum Gasteiger partial charge on any atom is 0.248 e. The number of aliphatic hydroxyl groups is 5. The molecule has 0 radical (unpaired) electrons. The van der Waals surface area contributed by atoms with E-state index in [0.29, 0.717) is 0 Å². The average Bonchev–Trinajstić information content (AvgIpc) is 2.30. The van der Waals surface area contributed by atoms with Crippen molar-refractivity contribution >= 4 is 5.78 Å². The predicted molar refractivity (Wildman–Crippen MR) is 53.6 cm³/mol. The van der Waals surface area contributed by atoms with Gasteiger partial charge in [-0.2, -0.15) is 0 Å². The second kappa shape index (κ2) is 4.94. The van der Waals surface area contributed by atoms with E-state index in [0.717, 1.165) is 6.92 Å². The first-order valence-corrected chi connectivity index (χ1v) is 5.10. The van der Waals surface area contributed by atoms with Crippen molar-refractivity contribution in [1.29, 1.82) is 0 Å². The third kappa shape index (κ3) is 2.33. The maximum atomic E-state index is 11.6. The molecule has 6 atom stereocenters. The normalized spacial score (nSPS) is 44.4. The zero-order chi connectivity index (χ0) is 13.4. The van der Waals surface area contributed by atoms with Crippen molar-refractivity contribution in [3.63, 3.8) is 0 Å². The second-order valence-electron chi connectivity index (χ2n) is 4.08. The molecule has 0 amide bonds. The molecule has 1 aliphatic heterocycles. The molecule has 0 aromatic heterocycles. The van der Waals surface area contributed by atoms with Crippen LogP contribution >= 0.6 is 0 Å². The summed E-state index contributed by atoms with van der Waals surface area (Å²) in [7, 11) is 0. The fraction of sp³-hybridized carbons (Fsp3) is 0.889. The molecule has 7 N–H and O–H groups in total. The summed E-state index contributed by atoms with van der Waals surface area (Å²) >= 11 is 0. The molecule has 8 heteroatoms. The van der Waals surface area contributed by atoms with Crippen molar-refractivity contribution in [2.45, 2.75) is 43.2 Å². The molecule has 1 aliphatic rings. The van der Waals surface area contributed by atoms with Crippen LogP contribution in [0.5, 0.6) is 0 Å². The molecule has 1 fully saturated rings. The zero-order valence-electron chi connectivity index (χ0n) is 9.22. The number of hydrogen-bond acceptors (Lipinski definition) is 8. The van der Waals surface area contributed by atoms with Crippen molar-refractivity contribution in [3.8, 4) is 0 Å². The summed E-state index contributed by atoms with van der Waals surface area (Å²) in [5.74, 6) is -3.78. The van der Waals surface area contributed by atoms with Gasteiger partial charge in [0.25, 0.3) is 0 Å². The average molecular weight is 251 g/mol. The fourth-order valence-corrected chi connectivity index (χ4v) is 1.71. The summed E-state index contributed by atoms with van der Waals surface area (Å²) in [5.41, 5.74) is 5.40. The first kappa shape index (κ1) is 14.5. The van der Waals surface area contributed by atoms with Gasteiger partial charge >= 0.3 is 0 Å². The Morgan fingerprint density at radius 1 is 1.47 bits per heavy atom. The summed E-state index contributed by atoms with van der Waals surface area (Å²) in [6.45, 7) is 0.377. The Bertz CT molecular complexity index is 295. The third-order valence-electron chi connectivity index (χ3n) is 2.79. The molecule has 0 spiro atoms. The van der Waals surface area contributed by atoms with Gasteiger partial charge in [-0.1, -0.05) is 0 Å². The molecular weight excluding hydrogens is 234 g/mol. The van der Waals surface area contributed by atoms with Gasteiger partial charge in [0.1, 0.15) is 24.4 Å². The molecule has 0 aromatic carbocycles. The van der Waals surface area contributed by atoms with Crippen molar-refractivity contribution < 1.29 is 35.1 Å². The number of nitrogens with two attached hydrogens (primary N) is 1. The minimum absolute atomic E-state index is 0.722. The van der Waals surface area contributed by atoms with Crippen LogP contribution in [0, 0.1) is 0 Å². The van der Waals surface area contributed by atoms with Gasteiger partial charge in [-0.05, 0) is 6.92 Å². The van der Waals surface area contributed by atoms with E-state index in [4.69, 9.17) is 20.7 Å². The van der Waals surface area contributed by atoms with E-state index in [2.05, 4.69) is 0 Å². The molecular formula is C9H17NO7. The molecule has 1 saturated heterocycles. The number of Topliss-reactive ketones (excluding diaryl/α,β-unsaturated/α-hetero) is 1. The Balaban J connectivity index is 3.03. The van der Waals surface area contributed by atoms with Gasteiger partial charge in [0, 0.05) is 0 Å². The predicted octanol–water partition coefficient (Wildman–Crippen LogP) is -3.93. The van der Waals surface area contributed by atoms with Crippen molar-refractivity contribution in [1.82, 2.24) is 0 Å². The summed E-state index contributed by atoms with van der Waals surface area (Å²) in [6.07, 6.45) is -6.11. The Hall–Kier alpha value is -0.610. The van der Waals surface area contributed by atoms with Gasteiger partial charge in [-0.15, -0.1) is 0 Å². The van der Waals surface area contributed by atoms with Crippen LogP contribution < -0.4 is 5.73 Å². The SMILES string of the molecule is CC(O)C(=O)C1(O)O[C@H](CO)[C@@H](O)[C@H](O)[C@H]1N. The molecule has 2 unspecified atom stereocenters. The van der Waals surface area contributed by atoms with Crippen LogP contribution in [0.1, 0.15) is 6.92 Å². The smallest absolute Gasteiger partial charge is 0.248 e. The molecule has 1 rings (SSSR count). The van der Waals surface area contributed by atoms with Gasteiger partial charge in [0.15, 0.2) is 0 Å². The molecule has 100 valence electrons. The standard InChI is InChI=1S/C9H17NO7/c1-3(12)8(15)9(16)7(10)6(14)5(13)4(2-11)17-9/h3-7,11-14,16H,2,10H2,1H3/t3?,4-,5-,6+,7-,9?/m1/s1. The molecule has 8 nitrogen and oxygen atoms in total. The highest BCUT2D eigenvalue weighted by atomic mass is 16.7. The number of ether oxygens (including phenoxy) is 1. The van der Waals surface area contributed by atoms with E-state index < -0.39 is 48.6 Å². The number of ketones is 1. The van der Waals surface area contributed by atoms with Gasteiger partial charge in [0.05, 0.1) is 12.6 Å². The highest BCUT2D eigenvalue weighted by Gasteiger charge is 2.56. The van der Waals surface area contributed by atoms with Gasteiger partial charge in [-0.3, -0.25) is 4.79 Å². The Morgan fingerprint density at radius 3 is 2.41 bits per heavy atom. The molecule has 0 aliphatic carbocycles. The van der Waals surface area contributed by atoms with Crippen LogP contribution in [0.15, 0.2) is 0 Å². The number of aliphatic hydroxyl groups excluding tert-OH is 4. The van der Waals surface area contributed by atoms with Crippen LogP contribution in [0.3, 0.4) is 0 Å². The van der Waals surface area contributed by atoms with E-state index in [1.165, 1.54) is 0 Å². The van der Waals surface area contributed by atoms with E-state index in [9.17, 15) is 20.1 Å². The fourth-order valence-electron chi connectivity index (χ4n) is 1.71. The highest BCUT2D eigenvalue weighted by molar-refractivity contribution is 5.90. The first-order valence-electron chi connectivity index (χ1n) is 5.10. The van der Waals surface area contributed by atoms with Crippen LogP contribution in [0.4, 0.5) is 0 Å². The van der Waals surface area contributed by atoms with Crippen LogP contribution in [0.25, 0.3) is 0 Å². The first-order chi connectivity index (χ1) is 7.75. The zero-order valence-corrected chi connectivity index (χ0v) is 9.22. The molecule has 0 saturated carbocycles. The number of hydrogen-bond donors (Lipinski definition) is 6. The summed E-state index contributed by atoms with van der Waals surface area (Å²) < 4.78 is 4.80. The topological polar surface area (TPSA) is 153 Å².